The number of guanidine groups is 1. The van der Waals surface area contributed by atoms with Gasteiger partial charge in [0.1, 0.15) is 24.1 Å². The van der Waals surface area contributed by atoms with E-state index < -0.39 is 23.8 Å². The standard InChI is InChI=1S/C23H27N5O6/c29-19-13-16(34-11-10-26-23-24-8-9-25-23)6-7-17(19)21(31)27-14-18(22(32)33)28-20(30)12-15-4-2-1-3-5-15/h1-7,13,18,29H,8-12,14H2,(H,27,31)(H,28,30)(H,32,33)(H2,24,25,26)/t18-/m0/s1. The monoisotopic (exact) mass is 469 g/mol. The summed E-state index contributed by atoms with van der Waals surface area (Å²) in [6.07, 6.45) is 0.0148. The first-order valence-corrected chi connectivity index (χ1v) is 10.7. The van der Waals surface area contributed by atoms with E-state index in [9.17, 15) is 24.6 Å². The van der Waals surface area contributed by atoms with Crippen molar-refractivity contribution in [3.05, 3.63) is 59.7 Å². The number of rotatable bonds is 11. The average Bonchev–Trinajstić information content (AvgIpc) is 3.33. The van der Waals surface area contributed by atoms with E-state index in [4.69, 9.17) is 4.74 Å². The van der Waals surface area contributed by atoms with E-state index in [1.54, 1.807) is 24.3 Å². The SMILES string of the molecule is O=C(Cc1ccccc1)N[C@@H](CNC(=O)c1ccc(OCCNC2=NCCN2)cc1O)C(=O)O. The molecule has 0 bridgehead atoms. The zero-order valence-corrected chi connectivity index (χ0v) is 18.4. The molecule has 180 valence electrons. The highest BCUT2D eigenvalue weighted by molar-refractivity contribution is 5.97. The number of aliphatic carboxylic acids is 1. The second-order valence-corrected chi connectivity index (χ2v) is 7.44. The molecule has 1 heterocycles. The van der Waals surface area contributed by atoms with Crippen molar-refractivity contribution >= 4 is 23.7 Å². The molecular weight excluding hydrogens is 442 g/mol. The Balaban J connectivity index is 1.47. The highest BCUT2D eigenvalue weighted by Gasteiger charge is 2.22. The van der Waals surface area contributed by atoms with Gasteiger partial charge in [0, 0.05) is 19.2 Å². The first kappa shape index (κ1) is 24.4. The molecule has 1 aliphatic heterocycles. The molecule has 1 aliphatic rings. The summed E-state index contributed by atoms with van der Waals surface area (Å²) in [6.45, 7) is 1.99. The van der Waals surface area contributed by atoms with E-state index in [2.05, 4.69) is 26.3 Å². The van der Waals surface area contributed by atoms with Crippen LogP contribution in [0.15, 0.2) is 53.5 Å². The van der Waals surface area contributed by atoms with Gasteiger partial charge in [0.05, 0.1) is 25.1 Å². The third-order valence-electron chi connectivity index (χ3n) is 4.86. The lowest BCUT2D eigenvalue weighted by Crippen LogP contribution is -2.48. The minimum absolute atomic E-state index is 0.0148. The third-order valence-corrected chi connectivity index (χ3v) is 4.86. The summed E-state index contributed by atoms with van der Waals surface area (Å²) in [4.78, 5) is 40.3. The highest BCUT2D eigenvalue weighted by atomic mass is 16.5. The normalized spacial score (nSPS) is 13.2. The number of carboxylic acids is 1. The molecule has 0 spiro atoms. The maximum atomic E-state index is 12.4. The minimum atomic E-state index is -1.32. The maximum absolute atomic E-state index is 12.4. The van der Waals surface area contributed by atoms with Gasteiger partial charge in [0.15, 0.2) is 5.96 Å². The van der Waals surface area contributed by atoms with Crippen LogP contribution in [-0.4, -0.2) is 72.8 Å². The van der Waals surface area contributed by atoms with Gasteiger partial charge in [-0.2, -0.15) is 0 Å². The number of aliphatic imine (C=N–C) groups is 1. The van der Waals surface area contributed by atoms with Gasteiger partial charge in [-0.25, -0.2) is 4.79 Å². The molecule has 11 heteroatoms. The van der Waals surface area contributed by atoms with Crippen molar-refractivity contribution < 1.29 is 29.3 Å². The number of hydrogen-bond donors (Lipinski definition) is 6. The Morgan fingerprint density at radius 3 is 2.62 bits per heavy atom. The molecule has 2 aromatic carbocycles. The molecule has 2 amide bonds. The van der Waals surface area contributed by atoms with E-state index in [1.807, 2.05) is 6.07 Å². The molecule has 0 unspecified atom stereocenters. The van der Waals surface area contributed by atoms with Crippen LogP contribution in [0.2, 0.25) is 0 Å². The van der Waals surface area contributed by atoms with Crippen molar-refractivity contribution in [2.45, 2.75) is 12.5 Å². The Morgan fingerprint density at radius 2 is 1.94 bits per heavy atom. The Labute approximate surface area is 196 Å². The van der Waals surface area contributed by atoms with Gasteiger partial charge in [-0.05, 0) is 17.7 Å². The van der Waals surface area contributed by atoms with Gasteiger partial charge in [0.25, 0.3) is 5.91 Å². The van der Waals surface area contributed by atoms with Crippen molar-refractivity contribution in [1.82, 2.24) is 21.3 Å². The highest BCUT2D eigenvalue weighted by Crippen LogP contribution is 2.23. The van der Waals surface area contributed by atoms with Crippen LogP contribution in [0, 0.1) is 0 Å². The molecular formula is C23H27N5O6. The molecule has 34 heavy (non-hydrogen) atoms. The molecule has 1 atom stereocenters. The molecule has 0 fully saturated rings. The topological polar surface area (TPSA) is 161 Å². The van der Waals surface area contributed by atoms with Crippen LogP contribution < -0.4 is 26.0 Å². The fourth-order valence-electron chi connectivity index (χ4n) is 3.16. The number of phenols is 1. The summed E-state index contributed by atoms with van der Waals surface area (Å²) in [5.41, 5.74) is 0.690. The van der Waals surface area contributed by atoms with Gasteiger partial charge in [-0.15, -0.1) is 0 Å². The van der Waals surface area contributed by atoms with Crippen molar-refractivity contribution in [1.29, 1.82) is 0 Å². The number of carboxylic acid groups (broad SMARTS) is 1. The fourth-order valence-corrected chi connectivity index (χ4v) is 3.16. The molecule has 0 saturated carbocycles. The number of carbonyl (C=O) groups excluding carboxylic acids is 2. The number of phenolic OH excluding ortho intramolecular Hbond substituents is 1. The van der Waals surface area contributed by atoms with Gasteiger partial charge in [-0.3, -0.25) is 14.6 Å². The third kappa shape index (κ3) is 7.40. The van der Waals surface area contributed by atoms with E-state index >= 15 is 0 Å². The molecule has 0 aromatic heterocycles. The number of benzene rings is 2. The lowest BCUT2D eigenvalue weighted by molar-refractivity contribution is -0.141. The number of nitrogens with zero attached hydrogens (tertiary/aromatic N) is 1. The van der Waals surface area contributed by atoms with E-state index in [0.717, 1.165) is 24.6 Å². The number of amides is 2. The van der Waals surface area contributed by atoms with Crippen LogP contribution in [0.1, 0.15) is 15.9 Å². The minimum Gasteiger partial charge on any atom is -0.507 e. The van der Waals surface area contributed by atoms with Gasteiger partial charge in [-0.1, -0.05) is 30.3 Å². The van der Waals surface area contributed by atoms with Gasteiger partial charge in [0.2, 0.25) is 5.91 Å². The maximum Gasteiger partial charge on any atom is 0.328 e. The molecule has 6 N–H and O–H groups in total. The first-order valence-electron chi connectivity index (χ1n) is 10.7. The quantitative estimate of drug-likeness (QED) is 0.248. The number of hydrogen-bond acceptors (Lipinski definition) is 8. The summed E-state index contributed by atoms with van der Waals surface area (Å²) in [6, 6.07) is 11.8. The van der Waals surface area contributed by atoms with Crippen LogP contribution >= 0.6 is 0 Å². The summed E-state index contributed by atoms with van der Waals surface area (Å²) in [5.74, 6) is -1.68. The summed E-state index contributed by atoms with van der Waals surface area (Å²) in [5, 5.41) is 30.5. The van der Waals surface area contributed by atoms with Crippen molar-refractivity contribution in [3.8, 4) is 11.5 Å². The summed E-state index contributed by atoms with van der Waals surface area (Å²) < 4.78 is 5.54. The Bertz CT molecular complexity index is 1040. The molecule has 11 nitrogen and oxygen atoms in total. The van der Waals surface area contributed by atoms with Crippen LogP contribution in [0.5, 0.6) is 11.5 Å². The number of aromatic hydroxyl groups is 1. The molecule has 0 radical (unpaired) electrons. The lowest BCUT2D eigenvalue weighted by atomic mass is 10.1. The Morgan fingerprint density at radius 1 is 1.15 bits per heavy atom. The average molecular weight is 469 g/mol. The van der Waals surface area contributed by atoms with Gasteiger partial charge >= 0.3 is 5.97 Å². The number of carbonyl (C=O) groups is 3. The van der Waals surface area contributed by atoms with Crippen LogP contribution in [0.4, 0.5) is 0 Å². The number of nitrogens with one attached hydrogen (secondary N) is 4. The molecule has 2 aromatic rings. The van der Waals surface area contributed by atoms with Crippen LogP contribution in [-0.2, 0) is 16.0 Å². The van der Waals surface area contributed by atoms with Crippen molar-refractivity contribution in [2.75, 3.05) is 32.8 Å². The lowest BCUT2D eigenvalue weighted by Gasteiger charge is -2.16. The van der Waals surface area contributed by atoms with E-state index in [0.29, 0.717) is 18.9 Å². The summed E-state index contributed by atoms with van der Waals surface area (Å²) in [7, 11) is 0. The van der Waals surface area contributed by atoms with Crippen molar-refractivity contribution in [3.63, 3.8) is 0 Å². The number of ether oxygens (including phenoxy) is 1. The van der Waals surface area contributed by atoms with E-state index in [-0.39, 0.29) is 24.3 Å². The molecule has 0 aliphatic carbocycles. The van der Waals surface area contributed by atoms with Crippen LogP contribution in [0.3, 0.4) is 0 Å². The predicted molar refractivity (Wildman–Crippen MR) is 124 cm³/mol. The van der Waals surface area contributed by atoms with Crippen LogP contribution in [0.25, 0.3) is 0 Å². The van der Waals surface area contributed by atoms with Crippen molar-refractivity contribution in [2.24, 2.45) is 4.99 Å². The first-order chi connectivity index (χ1) is 16.4. The fraction of sp³-hybridized carbons (Fsp3) is 0.304. The second kappa shape index (κ2) is 12.1. The second-order valence-electron chi connectivity index (χ2n) is 7.44. The zero-order valence-electron chi connectivity index (χ0n) is 18.4. The van der Waals surface area contributed by atoms with E-state index in [1.165, 1.54) is 18.2 Å². The molecule has 0 saturated heterocycles. The Hall–Kier alpha value is -4.28. The molecule has 3 rings (SSSR count). The van der Waals surface area contributed by atoms with Gasteiger partial charge < -0.3 is 36.2 Å². The largest absolute Gasteiger partial charge is 0.507 e. The predicted octanol–water partition coefficient (Wildman–Crippen LogP) is -0.138. The smallest absolute Gasteiger partial charge is 0.328 e. The Kier molecular flexibility index (Phi) is 8.67. The zero-order chi connectivity index (χ0) is 24.3. The summed E-state index contributed by atoms with van der Waals surface area (Å²) >= 11 is 0.